The Morgan fingerprint density at radius 3 is 3.08 bits per heavy atom. The Labute approximate surface area is 73.0 Å². The van der Waals surface area contributed by atoms with Crippen LogP contribution in [0.1, 0.15) is 0 Å². The summed E-state index contributed by atoms with van der Waals surface area (Å²) in [6.45, 7) is 0. The summed E-state index contributed by atoms with van der Waals surface area (Å²) in [7, 11) is 0. The van der Waals surface area contributed by atoms with E-state index >= 15 is 0 Å². The summed E-state index contributed by atoms with van der Waals surface area (Å²) in [5.41, 5.74) is 0.769. The van der Waals surface area contributed by atoms with Crippen molar-refractivity contribution in [3.8, 4) is 0 Å². The van der Waals surface area contributed by atoms with Gasteiger partial charge in [0.15, 0.2) is 0 Å². The quantitative estimate of drug-likeness (QED) is 0.574. The lowest BCUT2D eigenvalue weighted by molar-refractivity contribution is -0.112. The van der Waals surface area contributed by atoms with Gasteiger partial charge in [0.25, 0.3) is 5.91 Å². The molecule has 1 amide bonds. The summed E-state index contributed by atoms with van der Waals surface area (Å²) < 4.78 is 5.19. The molecule has 0 aliphatic carbocycles. The average molecular weight is 171 g/mol. The number of nitrogens with zero attached hydrogens (tertiary/aromatic N) is 1. The minimum absolute atomic E-state index is 0.191. The first-order valence-electron chi connectivity index (χ1n) is 3.95. The topological polar surface area (TPSA) is 42.6 Å². The highest BCUT2D eigenvalue weighted by Gasteiger charge is 2.07. The van der Waals surface area contributed by atoms with Crippen LogP contribution in [0, 0.1) is 0 Å². The predicted molar refractivity (Wildman–Crippen MR) is 46.5 cm³/mol. The molecule has 3 nitrogen and oxygen atoms in total. The number of fused-ring (bicyclic) bond motifs is 3. The van der Waals surface area contributed by atoms with Crippen LogP contribution in [-0.2, 0) is 4.79 Å². The molecule has 13 heavy (non-hydrogen) atoms. The molecule has 62 valence electrons. The van der Waals surface area contributed by atoms with Crippen molar-refractivity contribution in [2.45, 2.75) is 0 Å². The molecule has 0 N–H and O–H groups in total. The van der Waals surface area contributed by atoms with E-state index in [1.165, 1.54) is 6.08 Å². The lowest BCUT2D eigenvalue weighted by Gasteiger charge is -1.85. The van der Waals surface area contributed by atoms with Gasteiger partial charge in [-0.2, -0.15) is 0 Å². The molecule has 0 fully saturated rings. The highest BCUT2D eigenvalue weighted by Crippen LogP contribution is 2.08. The molecule has 1 aromatic carbocycles. The van der Waals surface area contributed by atoms with Gasteiger partial charge in [-0.25, -0.2) is 4.99 Å². The van der Waals surface area contributed by atoms with Crippen molar-refractivity contribution >= 4 is 23.0 Å². The molecular formula is C10H5NO2. The maximum atomic E-state index is 11.0. The van der Waals surface area contributed by atoms with E-state index in [0.29, 0.717) is 0 Å². The zero-order chi connectivity index (χ0) is 8.84. The molecule has 0 unspecified atom stereocenters. The first-order valence-corrected chi connectivity index (χ1v) is 3.95. The van der Waals surface area contributed by atoms with E-state index in [4.69, 9.17) is 4.42 Å². The first-order chi connectivity index (χ1) is 6.34. The fraction of sp³-hybridized carbons (Fsp3) is 0. The van der Waals surface area contributed by atoms with Crippen molar-refractivity contribution in [1.29, 1.82) is 0 Å². The molecular weight excluding hydrogens is 166 g/mol. The number of benzene rings is 1. The van der Waals surface area contributed by atoms with Crippen LogP contribution in [0.25, 0.3) is 17.0 Å². The van der Waals surface area contributed by atoms with Gasteiger partial charge in [0.1, 0.15) is 5.58 Å². The van der Waals surface area contributed by atoms with Gasteiger partial charge in [0, 0.05) is 16.7 Å². The molecule has 3 heteroatoms. The molecule has 1 aliphatic heterocycles. The van der Waals surface area contributed by atoms with Crippen LogP contribution in [0.3, 0.4) is 0 Å². The molecule has 0 bridgehead atoms. The molecule has 0 atom stereocenters. The van der Waals surface area contributed by atoms with Crippen molar-refractivity contribution < 1.29 is 9.21 Å². The Kier molecular flexibility index (Phi) is 1.05. The van der Waals surface area contributed by atoms with E-state index in [-0.39, 0.29) is 5.91 Å². The average Bonchev–Trinajstić information content (AvgIpc) is 2.65. The van der Waals surface area contributed by atoms with Crippen molar-refractivity contribution in [3.05, 3.63) is 35.0 Å². The number of carbonyl (C=O) groups excluding carboxylic acids is 1. The third-order valence-corrected chi connectivity index (χ3v) is 2.14. The Balaban J connectivity index is 2.69. The fourth-order valence-corrected chi connectivity index (χ4v) is 1.56. The maximum Gasteiger partial charge on any atom is 0.270 e. The molecule has 2 aromatic rings. The summed E-state index contributed by atoms with van der Waals surface area (Å²) in [5, 5.41) is 2.51. The lowest BCUT2D eigenvalue weighted by atomic mass is 10.2. The minimum atomic E-state index is -0.191. The van der Waals surface area contributed by atoms with Gasteiger partial charge in [-0.1, -0.05) is 0 Å². The largest absolute Gasteiger partial charge is 0.464 e. The monoisotopic (exact) mass is 171 g/mol. The maximum absolute atomic E-state index is 11.0. The number of hydrogen-bond donors (Lipinski definition) is 0. The first kappa shape index (κ1) is 6.60. The second-order valence-corrected chi connectivity index (χ2v) is 2.93. The zero-order valence-electron chi connectivity index (χ0n) is 6.65. The Hall–Kier alpha value is -1.90. The van der Waals surface area contributed by atoms with Crippen LogP contribution in [0.15, 0.2) is 33.9 Å². The Morgan fingerprint density at radius 2 is 2.15 bits per heavy atom. The van der Waals surface area contributed by atoms with Gasteiger partial charge in [-0.15, -0.1) is 0 Å². The molecule has 0 radical (unpaired) electrons. The number of carbonyl (C=O) groups is 1. The Morgan fingerprint density at radius 1 is 1.23 bits per heavy atom. The summed E-state index contributed by atoms with van der Waals surface area (Å²) in [5.74, 6) is -0.191. The van der Waals surface area contributed by atoms with Crippen molar-refractivity contribution in [1.82, 2.24) is 0 Å². The van der Waals surface area contributed by atoms with Gasteiger partial charge >= 0.3 is 0 Å². The van der Waals surface area contributed by atoms with Crippen molar-refractivity contribution in [2.75, 3.05) is 0 Å². The van der Waals surface area contributed by atoms with Crippen LogP contribution in [0.4, 0.5) is 0 Å². The second kappa shape index (κ2) is 2.07. The van der Waals surface area contributed by atoms with Crippen molar-refractivity contribution in [2.24, 2.45) is 4.99 Å². The number of rotatable bonds is 0. The standard InChI is InChI=1S/C10H5NO2/c12-9-5-6-1-2-8-7(3-4-13-8)10(6)11-9/h1-5H. The molecule has 1 aromatic heterocycles. The smallest absolute Gasteiger partial charge is 0.270 e. The highest BCUT2D eigenvalue weighted by atomic mass is 16.3. The van der Waals surface area contributed by atoms with E-state index < -0.39 is 0 Å². The zero-order valence-corrected chi connectivity index (χ0v) is 6.65. The Bertz CT molecular complexity index is 622. The lowest BCUT2D eigenvalue weighted by Crippen LogP contribution is -2.20. The molecule has 0 saturated heterocycles. The fourth-order valence-electron chi connectivity index (χ4n) is 1.56. The number of amides is 1. The van der Waals surface area contributed by atoms with Crippen LogP contribution in [0.2, 0.25) is 0 Å². The SMILES string of the molecule is O=C1C=c2ccc3occc3c2=N1. The van der Waals surface area contributed by atoms with E-state index in [1.807, 2.05) is 18.2 Å². The van der Waals surface area contributed by atoms with Gasteiger partial charge in [0.05, 0.1) is 11.6 Å². The molecule has 2 heterocycles. The van der Waals surface area contributed by atoms with Crippen LogP contribution < -0.4 is 10.6 Å². The van der Waals surface area contributed by atoms with Crippen LogP contribution >= 0.6 is 0 Å². The normalized spacial score (nSPS) is 14.0. The number of furan rings is 1. The molecule has 3 rings (SSSR count). The third kappa shape index (κ3) is 0.783. The molecule has 1 aliphatic rings. The van der Waals surface area contributed by atoms with E-state index in [0.717, 1.165) is 21.5 Å². The highest BCUT2D eigenvalue weighted by molar-refractivity contribution is 6.07. The second-order valence-electron chi connectivity index (χ2n) is 2.93. The summed E-state index contributed by atoms with van der Waals surface area (Å²) in [4.78, 5) is 14.9. The van der Waals surface area contributed by atoms with Gasteiger partial charge in [-0.3, -0.25) is 4.79 Å². The summed E-state index contributed by atoms with van der Waals surface area (Å²) in [6.07, 6.45) is 3.13. The van der Waals surface area contributed by atoms with Crippen LogP contribution in [-0.4, -0.2) is 5.91 Å². The van der Waals surface area contributed by atoms with Gasteiger partial charge in [0.2, 0.25) is 0 Å². The van der Waals surface area contributed by atoms with E-state index in [1.54, 1.807) is 6.26 Å². The van der Waals surface area contributed by atoms with Gasteiger partial charge < -0.3 is 4.42 Å². The van der Waals surface area contributed by atoms with Gasteiger partial charge in [-0.05, 0) is 18.2 Å². The molecule has 0 saturated carbocycles. The summed E-state index contributed by atoms with van der Waals surface area (Å²) >= 11 is 0. The molecule has 0 spiro atoms. The summed E-state index contributed by atoms with van der Waals surface area (Å²) in [6, 6.07) is 5.51. The minimum Gasteiger partial charge on any atom is -0.464 e. The van der Waals surface area contributed by atoms with Crippen molar-refractivity contribution in [3.63, 3.8) is 0 Å². The third-order valence-electron chi connectivity index (χ3n) is 2.14. The van der Waals surface area contributed by atoms with Crippen LogP contribution in [0.5, 0.6) is 0 Å². The van der Waals surface area contributed by atoms with E-state index in [2.05, 4.69) is 4.99 Å². The number of hydrogen-bond acceptors (Lipinski definition) is 2. The predicted octanol–water partition coefficient (Wildman–Crippen LogP) is 0.373. The van der Waals surface area contributed by atoms with E-state index in [9.17, 15) is 4.79 Å².